The maximum atomic E-state index is 5.42. The smallest absolute Gasteiger partial charge is 0.0876 e. The Balaban J connectivity index is 2.14. The maximum absolute atomic E-state index is 5.42. The third-order valence-electron chi connectivity index (χ3n) is 3.40. The van der Waals surface area contributed by atoms with E-state index in [0.29, 0.717) is 5.54 Å². The maximum Gasteiger partial charge on any atom is 0.0876 e. The van der Waals surface area contributed by atoms with Crippen molar-refractivity contribution >= 4 is 0 Å². The topological polar surface area (TPSA) is 21.3 Å². The molecule has 1 saturated heterocycles. The third kappa shape index (κ3) is 1.60. The van der Waals surface area contributed by atoms with Crippen molar-refractivity contribution in [1.82, 2.24) is 5.32 Å². The summed E-state index contributed by atoms with van der Waals surface area (Å²) in [4.78, 5) is 0. The molecule has 13 heavy (non-hydrogen) atoms. The monoisotopic (exact) mass is 181 g/mol. The van der Waals surface area contributed by atoms with E-state index in [9.17, 15) is 0 Å². The molecular weight excluding hydrogens is 162 g/mol. The number of hydrogen-bond acceptors (Lipinski definition) is 2. The molecule has 0 bridgehead atoms. The van der Waals surface area contributed by atoms with Crippen molar-refractivity contribution in [2.75, 3.05) is 13.2 Å². The van der Waals surface area contributed by atoms with Gasteiger partial charge in [-0.25, -0.2) is 0 Å². The summed E-state index contributed by atoms with van der Waals surface area (Å²) in [6.45, 7) is 4.35. The molecule has 2 aliphatic heterocycles. The SMILES string of the molecule is CCC1(C2=COCCC2)CCCN1. The molecule has 0 amide bonds. The summed E-state index contributed by atoms with van der Waals surface area (Å²) in [6.07, 6.45) is 8.22. The first-order chi connectivity index (χ1) is 6.37. The van der Waals surface area contributed by atoms with E-state index in [1.54, 1.807) is 0 Å². The molecule has 1 atom stereocenters. The lowest BCUT2D eigenvalue weighted by molar-refractivity contribution is 0.210. The molecule has 1 fully saturated rings. The second-order valence-electron chi connectivity index (χ2n) is 4.08. The first kappa shape index (κ1) is 9.07. The Labute approximate surface area is 80.4 Å². The Morgan fingerprint density at radius 1 is 1.54 bits per heavy atom. The molecule has 2 heterocycles. The van der Waals surface area contributed by atoms with Gasteiger partial charge >= 0.3 is 0 Å². The van der Waals surface area contributed by atoms with Gasteiger partial charge in [-0.3, -0.25) is 0 Å². The van der Waals surface area contributed by atoms with Gasteiger partial charge in [-0.1, -0.05) is 6.92 Å². The molecule has 1 N–H and O–H groups in total. The third-order valence-corrected chi connectivity index (χ3v) is 3.40. The highest BCUT2D eigenvalue weighted by molar-refractivity contribution is 5.21. The molecule has 0 radical (unpaired) electrons. The van der Waals surface area contributed by atoms with E-state index in [-0.39, 0.29) is 0 Å². The Morgan fingerprint density at radius 3 is 3.00 bits per heavy atom. The van der Waals surface area contributed by atoms with Crippen LogP contribution in [0.5, 0.6) is 0 Å². The molecule has 0 aliphatic carbocycles. The fourth-order valence-corrected chi connectivity index (χ4v) is 2.53. The summed E-state index contributed by atoms with van der Waals surface area (Å²) in [5, 5.41) is 3.64. The Bertz CT molecular complexity index is 204. The van der Waals surface area contributed by atoms with Crippen molar-refractivity contribution in [1.29, 1.82) is 0 Å². The zero-order valence-electron chi connectivity index (χ0n) is 8.44. The van der Waals surface area contributed by atoms with Crippen molar-refractivity contribution in [3.8, 4) is 0 Å². The number of rotatable bonds is 2. The van der Waals surface area contributed by atoms with E-state index >= 15 is 0 Å². The summed E-state index contributed by atoms with van der Waals surface area (Å²) in [5.74, 6) is 0. The van der Waals surface area contributed by atoms with Gasteiger partial charge in [0.25, 0.3) is 0 Å². The minimum atomic E-state index is 0.292. The van der Waals surface area contributed by atoms with Gasteiger partial charge in [0.15, 0.2) is 0 Å². The van der Waals surface area contributed by atoms with Gasteiger partial charge in [0.05, 0.1) is 12.9 Å². The van der Waals surface area contributed by atoms with Crippen LogP contribution in [0.3, 0.4) is 0 Å². The fourth-order valence-electron chi connectivity index (χ4n) is 2.53. The van der Waals surface area contributed by atoms with Crippen LogP contribution >= 0.6 is 0 Å². The summed E-state index contributed by atoms with van der Waals surface area (Å²) in [6, 6.07) is 0. The minimum Gasteiger partial charge on any atom is -0.501 e. The second kappa shape index (κ2) is 3.70. The molecule has 2 aliphatic rings. The van der Waals surface area contributed by atoms with Crippen LogP contribution in [0.15, 0.2) is 11.8 Å². The largest absolute Gasteiger partial charge is 0.501 e. The average Bonchev–Trinajstić information content (AvgIpc) is 2.69. The molecule has 2 nitrogen and oxygen atoms in total. The molecule has 74 valence electrons. The highest BCUT2D eigenvalue weighted by atomic mass is 16.5. The Hall–Kier alpha value is -0.500. The molecule has 0 spiro atoms. The van der Waals surface area contributed by atoms with Gasteiger partial charge in [-0.2, -0.15) is 0 Å². The lowest BCUT2D eigenvalue weighted by Gasteiger charge is -2.33. The van der Waals surface area contributed by atoms with E-state index in [2.05, 4.69) is 12.2 Å². The van der Waals surface area contributed by atoms with Crippen molar-refractivity contribution < 1.29 is 4.74 Å². The summed E-state index contributed by atoms with van der Waals surface area (Å²) < 4.78 is 5.42. The number of hydrogen-bond donors (Lipinski definition) is 1. The van der Waals surface area contributed by atoms with Crippen LogP contribution in [0, 0.1) is 0 Å². The van der Waals surface area contributed by atoms with Crippen LogP contribution in [0.25, 0.3) is 0 Å². The first-order valence-corrected chi connectivity index (χ1v) is 5.43. The summed E-state index contributed by atoms with van der Waals surface area (Å²) in [7, 11) is 0. The predicted octanol–water partition coefficient (Wildman–Crippen LogP) is 2.21. The number of ether oxygens (including phenoxy) is 1. The average molecular weight is 181 g/mol. The van der Waals surface area contributed by atoms with Crippen molar-refractivity contribution in [3.05, 3.63) is 11.8 Å². The van der Waals surface area contributed by atoms with E-state index < -0.39 is 0 Å². The van der Waals surface area contributed by atoms with E-state index in [1.807, 2.05) is 6.26 Å². The molecule has 2 heteroatoms. The van der Waals surface area contributed by atoms with Gasteiger partial charge in [0.2, 0.25) is 0 Å². The molecule has 0 aromatic rings. The van der Waals surface area contributed by atoms with Crippen LogP contribution < -0.4 is 5.32 Å². The normalized spacial score (nSPS) is 34.1. The zero-order chi connectivity index (χ0) is 9.15. The van der Waals surface area contributed by atoms with Crippen molar-refractivity contribution in [2.45, 2.75) is 44.6 Å². The molecule has 2 rings (SSSR count). The van der Waals surface area contributed by atoms with Gasteiger partial charge < -0.3 is 10.1 Å². The lowest BCUT2D eigenvalue weighted by atomic mass is 9.83. The molecule has 1 unspecified atom stereocenters. The summed E-state index contributed by atoms with van der Waals surface area (Å²) in [5.41, 5.74) is 1.79. The van der Waals surface area contributed by atoms with Crippen LogP contribution in [0.1, 0.15) is 39.0 Å². The van der Waals surface area contributed by atoms with Crippen LogP contribution in [0.4, 0.5) is 0 Å². The highest BCUT2D eigenvalue weighted by Crippen LogP contribution is 2.34. The molecule has 0 aromatic heterocycles. The Morgan fingerprint density at radius 2 is 2.46 bits per heavy atom. The van der Waals surface area contributed by atoms with E-state index in [1.165, 1.54) is 44.2 Å². The van der Waals surface area contributed by atoms with Gasteiger partial charge in [-0.15, -0.1) is 0 Å². The molecule has 0 aromatic carbocycles. The zero-order valence-corrected chi connectivity index (χ0v) is 8.44. The van der Waals surface area contributed by atoms with Gasteiger partial charge in [0.1, 0.15) is 0 Å². The fraction of sp³-hybridized carbons (Fsp3) is 0.818. The quantitative estimate of drug-likeness (QED) is 0.705. The van der Waals surface area contributed by atoms with Crippen LogP contribution in [0.2, 0.25) is 0 Å². The number of nitrogens with one attached hydrogen (secondary N) is 1. The second-order valence-corrected chi connectivity index (χ2v) is 4.08. The van der Waals surface area contributed by atoms with Crippen LogP contribution in [-0.2, 0) is 4.74 Å². The lowest BCUT2D eigenvalue weighted by Crippen LogP contribution is -2.41. The molecule has 0 saturated carbocycles. The first-order valence-electron chi connectivity index (χ1n) is 5.43. The van der Waals surface area contributed by atoms with Gasteiger partial charge in [0, 0.05) is 5.54 Å². The standard InChI is InChI=1S/C11H19NO/c1-2-11(6-4-7-12-11)10-5-3-8-13-9-10/h9,12H,2-8H2,1H3. The predicted molar refractivity (Wildman–Crippen MR) is 53.5 cm³/mol. The summed E-state index contributed by atoms with van der Waals surface area (Å²) >= 11 is 0. The molecular formula is C11H19NO. The highest BCUT2D eigenvalue weighted by Gasteiger charge is 2.35. The van der Waals surface area contributed by atoms with Crippen LogP contribution in [-0.4, -0.2) is 18.7 Å². The van der Waals surface area contributed by atoms with E-state index in [0.717, 1.165) is 6.61 Å². The van der Waals surface area contributed by atoms with Crippen molar-refractivity contribution in [2.24, 2.45) is 0 Å². The Kier molecular flexibility index (Phi) is 2.58. The van der Waals surface area contributed by atoms with Crippen molar-refractivity contribution in [3.63, 3.8) is 0 Å². The van der Waals surface area contributed by atoms with E-state index in [4.69, 9.17) is 4.74 Å². The minimum absolute atomic E-state index is 0.292. The van der Waals surface area contributed by atoms with Gasteiger partial charge in [-0.05, 0) is 44.2 Å².